The van der Waals surface area contributed by atoms with Gasteiger partial charge in [0, 0.05) is 5.69 Å². The minimum atomic E-state index is -0.495. The zero-order valence-electron chi connectivity index (χ0n) is 12.7. The number of halogens is 1. The van der Waals surface area contributed by atoms with E-state index in [0.29, 0.717) is 11.3 Å². The summed E-state index contributed by atoms with van der Waals surface area (Å²) < 4.78 is 0. The van der Waals surface area contributed by atoms with Crippen LogP contribution < -0.4 is 5.32 Å². The molecule has 2 aromatic rings. The summed E-state index contributed by atoms with van der Waals surface area (Å²) in [7, 11) is 0. The number of benzene rings is 2. The first-order valence-electron chi connectivity index (χ1n) is 6.89. The number of nitrogens with zero attached hydrogens (tertiary/aromatic N) is 1. The second-order valence-electron chi connectivity index (χ2n) is 5.15. The minimum absolute atomic E-state index is 0.0485. The maximum atomic E-state index is 12.3. The van der Waals surface area contributed by atoms with E-state index >= 15 is 0 Å². The van der Waals surface area contributed by atoms with E-state index in [9.17, 15) is 15.2 Å². The summed E-state index contributed by atoms with van der Waals surface area (Å²) in [5.74, 6) is -0.549. The summed E-state index contributed by atoms with van der Waals surface area (Å²) >= 11 is 5.83. The molecule has 0 saturated heterocycles. The SMILES string of the molecule is Cc1ccc(C)c(NC(=O)/C(C#N)=C/c2ccc(O)c(Cl)c2)c1. The van der Waals surface area contributed by atoms with Crippen molar-refractivity contribution in [3.05, 3.63) is 63.7 Å². The van der Waals surface area contributed by atoms with Crippen molar-refractivity contribution in [1.82, 2.24) is 0 Å². The van der Waals surface area contributed by atoms with E-state index in [4.69, 9.17) is 11.6 Å². The van der Waals surface area contributed by atoms with E-state index in [1.165, 1.54) is 18.2 Å². The van der Waals surface area contributed by atoms with Crippen molar-refractivity contribution < 1.29 is 9.90 Å². The zero-order valence-corrected chi connectivity index (χ0v) is 13.5. The van der Waals surface area contributed by atoms with E-state index in [0.717, 1.165) is 11.1 Å². The Morgan fingerprint density at radius 1 is 1.26 bits per heavy atom. The first kappa shape index (κ1) is 16.6. The number of hydrogen-bond donors (Lipinski definition) is 2. The Balaban J connectivity index is 2.28. The number of nitriles is 1. The van der Waals surface area contributed by atoms with Crippen LogP contribution in [0.2, 0.25) is 5.02 Å². The predicted octanol–water partition coefficient (Wildman–Crippen LogP) is 4.21. The maximum Gasteiger partial charge on any atom is 0.266 e. The lowest BCUT2D eigenvalue weighted by Crippen LogP contribution is -2.14. The molecule has 0 saturated carbocycles. The van der Waals surface area contributed by atoms with Crippen LogP contribution in [0.5, 0.6) is 5.75 Å². The molecule has 1 amide bonds. The van der Waals surface area contributed by atoms with Crippen LogP contribution in [0.15, 0.2) is 42.0 Å². The van der Waals surface area contributed by atoms with Crippen molar-refractivity contribution >= 4 is 29.3 Å². The van der Waals surface area contributed by atoms with Crippen molar-refractivity contribution in [3.8, 4) is 11.8 Å². The second kappa shape index (κ2) is 6.99. The van der Waals surface area contributed by atoms with Gasteiger partial charge in [0.25, 0.3) is 5.91 Å². The molecule has 0 aromatic heterocycles. The van der Waals surface area contributed by atoms with Crippen LogP contribution in [-0.2, 0) is 4.79 Å². The number of carbonyl (C=O) groups is 1. The van der Waals surface area contributed by atoms with Crippen molar-refractivity contribution in [3.63, 3.8) is 0 Å². The number of carbonyl (C=O) groups excluding carboxylic acids is 1. The quantitative estimate of drug-likeness (QED) is 0.655. The molecule has 0 radical (unpaired) electrons. The van der Waals surface area contributed by atoms with E-state index < -0.39 is 5.91 Å². The first-order chi connectivity index (χ1) is 10.9. The fraction of sp³-hybridized carbons (Fsp3) is 0.111. The number of rotatable bonds is 3. The molecule has 2 rings (SSSR count). The van der Waals surface area contributed by atoms with Gasteiger partial charge in [-0.1, -0.05) is 29.8 Å². The largest absolute Gasteiger partial charge is 0.506 e. The highest BCUT2D eigenvalue weighted by molar-refractivity contribution is 6.32. The van der Waals surface area contributed by atoms with Crippen molar-refractivity contribution in [2.45, 2.75) is 13.8 Å². The molecule has 0 atom stereocenters. The molecule has 0 heterocycles. The van der Waals surface area contributed by atoms with Crippen LogP contribution in [-0.4, -0.2) is 11.0 Å². The molecular weight excluding hydrogens is 312 g/mol. The highest BCUT2D eigenvalue weighted by Crippen LogP contribution is 2.25. The molecule has 0 bridgehead atoms. The lowest BCUT2D eigenvalue weighted by molar-refractivity contribution is -0.112. The zero-order chi connectivity index (χ0) is 17.0. The monoisotopic (exact) mass is 326 g/mol. The molecule has 0 aliphatic rings. The van der Waals surface area contributed by atoms with Gasteiger partial charge in [-0.2, -0.15) is 5.26 Å². The molecule has 2 N–H and O–H groups in total. The average molecular weight is 327 g/mol. The molecule has 0 aliphatic carbocycles. The summed E-state index contributed by atoms with van der Waals surface area (Å²) in [5, 5.41) is 21.5. The Hall–Kier alpha value is -2.77. The topological polar surface area (TPSA) is 73.1 Å². The second-order valence-corrected chi connectivity index (χ2v) is 5.56. The van der Waals surface area contributed by atoms with Gasteiger partial charge in [0.1, 0.15) is 17.4 Å². The van der Waals surface area contributed by atoms with Crippen LogP contribution in [0.1, 0.15) is 16.7 Å². The van der Waals surface area contributed by atoms with Gasteiger partial charge in [0.15, 0.2) is 0 Å². The van der Waals surface area contributed by atoms with Gasteiger partial charge in [-0.15, -0.1) is 0 Å². The third-order valence-corrected chi connectivity index (χ3v) is 3.59. The summed E-state index contributed by atoms with van der Waals surface area (Å²) in [4.78, 5) is 12.3. The Morgan fingerprint density at radius 3 is 2.65 bits per heavy atom. The lowest BCUT2D eigenvalue weighted by atomic mass is 10.1. The van der Waals surface area contributed by atoms with Crippen LogP contribution >= 0.6 is 11.6 Å². The summed E-state index contributed by atoms with van der Waals surface area (Å²) in [6.07, 6.45) is 1.42. The van der Waals surface area contributed by atoms with Crippen molar-refractivity contribution in [2.24, 2.45) is 0 Å². The molecule has 0 fully saturated rings. The smallest absolute Gasteiger partial charge is 0.266 e. The molecule has 0 aliphatic heterocycles. The molecule has 4 nitrogen and oxygen atoms in total. The van der Waals surface area contributed by atoms with Crippen LogP contribution in [0, 0.1) is 25.2 Å². The number of hydrogen-bond acceptors (Lipinski definition) is 3. The predicted molar refractivity (Wildman–Crippen MR) is 91.3 cm³/mol. The lowest BCUT2D eigenvalue weighted by Gasteiger charge is -2.09. The third-order valence-electron chi connectivity index (χ3n) is 3.29. The van der Waals surface area contributed by atoms with Gasteiger partial charge in [0.05, 0.1) is 5.02 Å². The third kappa shape index (κ3) is 4.12. The minimum Gasteiger partial charge on any atom is -0.506 e. The highest BCUT2D eigenvalue weighted by atomic mass is 35.5. The number of nitrogens with one attached hydrogen (secondary N) is 1. The maximum absolute atomic E-state index is 12.3. The van der Waals surface area contributed by atoms with Crippen LogP contribution in [0.25, 0.3) is 6.08 Å². The van der Waals surface area contributed by atoms with E-state index in [2.05, 4.69) is 5.32 Å². The Kier molecular flexibility index (Phi) is 5.05. The number of amides is 1. The van der Waals surface area contributed by atoms with E-state index in [1.54, 1.807) is 6.07 Å². The van der Waals surface area contributed by atoms with E-state index in [1.807, 2.05) is 38.1 Å². The fourth-order valence-corrected chi connectivity index (χ4v) is 2.18. The van der Waals surface area contributed by atoms with Gasteiger partial charge in [-0.3, -0.25) is 4.79 Å². The first-order valence-corrected chi connectivity index (χ1v) is 7.27. The summed E-state index contributed by atoms with van der Waals surface area (Å²) in [5.41, 5.74) is 3.10. The van der Waals surface area contributed by atoms with Gasteiger partial charge in [-0.25, -0.2) is 0 Å². The van der Waals surface area contributed by atoms with Gasteiger partial charge in [0.2, 0.25) is 0 Å². The Labute approximate surface area is 139 Å². The summed E-state index contributed by atoms with van der Waals surface area (Å²) in [6, 6.07) is 12.0. The normalized spacial score (nSPS) is 11.0. The highest BCUT2D eigenvalue weighted by Gasteiger charge is 2.11. The Bertz CT molecular complexity index is 835. The molecule has 0 unspecified atom stereocenters. The number of phenols is 1. The standard InChI is InChI=1S/C18H15ClN2O2/c1-11-3-4-12(2)16(7-11)21-18(23)14(10-20)8-13-5-6-17(22)15(19)9-13/h3-9,22H,1-2H3,(H,21,23)/b14-8+. The molecule has 116 valence electrons. The molecule has 23 heavy (non-hydrogen) atoms. The average Bonchev–Trinajstić information content (AvgIpc) is 2.51. The number of anilines is 1. The van der Waals surface area contributed by atoms with E-state index in [-0.39, 0.29) is 16.3 Å². The van der Waals surface area contributed by atoms with Crippen molar-refractivity contribution in [2.75, 3.05) is 5.32 Å². The Morgan fingerprint density at radius 2 is 2.00 bits per heavy atom. The van der Waals surface area contributed by atoms with Gasteiger partial charge >= 0.3 is 0 Å². The molecule has 0 spiro atoms. The molecule has 5 heteroatoms. The van der Waals surface area contributed by atoms with Gasteiger partial charge in [-0.05, 0) is 54.8 Å². The number of aromatic hydroxyl groups is 1. The fourth-order valence-electron chi connectivity index (χ4n) is 1.99. The number of aryl methyl sites for hydroxylation is 2. The van der Waals surface area contributed by atoms with Crippen molar-refractivity contribution in [1.29, 1.82) is 5.26 Å². The summed E-state index contributed by atoms with van der Waals surface area (Å²) in [6.45, 7) is 3.80. The number of phenolic OH excluding ortho intramolecular Hbond substituents is 1. The van der Waals surface area contributed by atoms with Crippen LogP contribution in [0.4, 0.5) is 5.69 Å². The molecule has 2 aromatic carbocycles. The molecular formula is C18H15ClN2O2. The van der Waals surface area contributed by atoms with Crippen LogP contribution in [0.3, 0.4) is 0 Å². The van der Waals surface area contributed by atoms with Gasteiger partial charge < -0.3 is 10.4 Å².